The molecule has 31 heavy (non-hydrogen) atoms. The van der Waals surface area contributed by atoms with Crippen molar-refractivity contribution in [2.24, 2.45) is 0 Å². The van der Waals surface area contributed by atoms with Crippen LogP contribution >= 0.6 is 0 Å². The standard InChI is InChI=1S/C22H18N6O2S/c1-31(29,30)26-18-7-5-16(6-8-18)20-10-11-21-22(24-20)28(27-25-21)14-15-4-9-19-17(13-15)3-2-12-23-19/h2-13,26H,14H2,1H3. The summed E-state index contributed by atoms with van der Waals surface area (Å²) in [6.45, 7) is 0.537. The Morgan fingerprint density at radius 1 is 0.968 bits per heavy atom. The number of fused-ring (bicyclic) bond motifs is 2. The van der Waals surface area contributed by atoms with Crippen molar-refractivity contribution >= 4 is 37.8 Å². The lowest BCUT2D eigenvalue weighted by atomic mass is 10.1. The SMILES string of the molecule is CS(=O)(=O)Nc1ccc(-c2ccc3nnn(Cc4ccc5ncccc5c4)c3n2)cc1. The molecular formula is C22H18N6O2S. The summed E-state index contributed by atoms with van der Waals surface area (Å²) in [4.78, 5) is 9.11. The van der Waals surface area contributed by atoms with Crippen LogP contribution in [0.25, 0.3) is 33.3 Å². The molecule has 9 heteroatoms. The van der Waals surface area contributed by atoms with E-state index in [1.165, 1.54) is 0 Å². The van der Waals surface area contributed by atoms with Crippen molar-refractivity contribution in [1.82, 2.24) is 25.0 Å². The fraction of sp³-hybridized carbons (Fsp3) is 0.0909. The molecule has 0 atom stereocenters. The van der Waals surface area contributed by atoms with E-state index in [9.17, 15) is 8.42 Å². The number of anilines is 1. The van der Waals surface area contributed by atoms with E-state index in [0.29, 0.717) is 23.4 Å². The molecule has 5 aromatic rings. The van der Waals surface area contributed by atoms with Gasteiger partial charge in [-0.15, -0.1) is 5.10 Å². The molecule has 3 heterocycles. The lowest BCUT2D eigenvalue weighted by molar-refractivity contribution is 0.607. The molecule has 3 aromatic heterocycles. The van der Waals surface area contributed by atoms with Gasteiger partial charge in [-0.25, -0.2) is 18.1 Å². The molecule has 0 aliphatic rings. The number of nitrogens with zero attached hydrogens (tertiary/aromatic N) is 5. The van der Waals surface area contributed by atoms with Crippen LogP contribution in [-0.2, 0) is 16.6 Å². The Hall–Kier alpha value is -3.85. The van der Waals surface area contributed by atoms with E-state index in [0.717, 1.165) is 34.0 Å². The van der Waals surface area contributed by atoms with E-state index in [1.54, 1.807) is 23.0 Å². The fourth-order valence-electron chi connectivity index (χ4n) is 3.44. The number of pyridine rings is 2. The van der Waals surface area contributed by atoms with Gasteiger partial charge in [0.1, 0.15) is 5.52 Å². The zero-order valence-electron chi connectivity index (χ0n) is 16.6. The zero-order chi connectivity index (χ0) is 21.4. The first-order valence-electron chi connectivity index (χ1n) is 9.57. The number of rotatable bonds is 5. The average Bonchev–Trinajstić information content (AvgIpc) is 3.15. The average molecular weight is 430 g/mol. The summed E-state index contributed by atoms with van der Waals surface area (Å²) in [5.41, 5.74) is 5.54. The predicted octanol–water partition coefficient (Wildman–Crippen LogP) is 3.46. The van der Waals surface area contributed by atoms with E-state index >= 15 is 0 Å². The molecule has 1 N–H and O–H groups in total. The Kier molecular flexibility index (Phi) is 4.59. The molecule has 2 aromatic carbocycles. The molecule has 0 bridgehead atoms. The monoisotopic (exact) mass is 430 g/mol. The minimum atomic E-state index is -3.31. The second-order valence-electron chi connectivity index (χ2n) is 7.27. The zero-order valence-corrected chi connectivity index (χ0v) is 17.4. The van der Waals surface area contributed by atoms with Crippen molar-refractivity contribution in [3.63, 3.8) is 0 Å². The highest BCUT2D eigenvalue weighted by atomic mass is 32.2. The lowest BCUT2D eigenvalue weighted by Gasteiger charge is -2.07. The number of sulfonamides is 1. The van der Waals surface area contributed by atoms with Gasteiger partial charge in [0.05, 0.1) is 24.0 Å². The van der Waals surface area contributed by atoms with Gasteiger partial charge < -0.3 is 0 Å². The first-order valence-corrected chi connectivity index (χ1v) is 11.5. The van der Waals surface area contributed by atoms with Crippen LogP contribution in [0.3, 0.4) is 0 Å². The fourth-order valence-corrected chi connectivity index (χ4v) is 4.00. The summed E-state index contributed by atoms with van der Waals surface area (Å²) in [6, 6.07) is 20.9. The van der Waals surface area contributed by atoms with Crippen LogP contribution in [0.5, 0.6) is 0 Å². The maximum atomic E-state index is 11.4. The molecule has 154 valence electrons. The van der Waals surface area contributed by atoms with Crippen molar-refractivity contribution in [1.29, 1.82) is 0 Å². The third-order valence-corrected chi connectivity index (χ3v) is 5.45. The minimum absolute atomic E-state index is 0.504. The molecule has 0 amide bonds. The van der Waals surface area contributed by atoms with Gasteiger partial charge in [0.25, 0.3) is 0 Å². The van der Waals surface area contributed by atoms with Crippen LogP contribution in [0, 0.1) is 0 Å². The van der Waals surface area contributed by atoms with Crippen LogP contribution in [0.4, 0.5) is 5.69 Å². The topological polar surface area (TPSA) is 103 Å². The highest BCUT2D eigenvalue weighted by Gasteiger charge is 2.10. The van der Waals surface area contributed by atoms with Crippen molar-refractivity contribution in [3.05, 3.63) is 78.5 Å². The second-order valence-corrected chi connectivity index (χ2v) is 9.02. The summed E-state index contributed by atoms with van der Waals surface area (Å²) in [7, 11) is -3.31. The highest BCUT2D eigenvalue weighted by molar-refractivity contribution is 7.92. The number of aromatic nitrogens is 5. The van der Waals surface area contributed by atoms with Gasteiger partial charge in [-0.05, 0) is 48.0 Å². The number of hydrogen-bond acceptors (Lipinski definition) is 6. The van der Waals surface area contributed by atoms with Gasteiger partial charge in [0.2, 0.25) is 10.0 Å². The van der Waals surface area contributed by atoms with Crippen molar-refractivity contribution < 1.29 is 8.42 Å². The predicted molar refractivity (Wildman–Crippen MR) is 120 cm³/mol. The van der Waals surface area contributed by atoms with Gasteiger partial charge >= 0.3 is 0 Å². The van der Waals surface area contributed by atoms with Gasteiger partial charge in [0, 0.05) is 22.8 Å². The summed E-state index contributed by atoms with van der Waals surface area (Å²) in [5, 5.41) is 9.57. The summed E-state index contributed by atoms with van der Waals surface area (Å²) in [5.74, 6) is 0. The summed E-state index contributed by atoms with van der Waals surface area (Å²) >= 11 is 0. The molecule has 0 saturated heterocycles. The van der Waals surface area contributed by atoms with Crippen LogP contribution in [-0.4, -0.2) is 39.6 Å². The second kappa shape index (κ2) is 7.44. The van der Waals surface area contributed by atoms with Gasteiger partial charge in [0.15, 0.2) is 5.65 Å². The van der Waals surface area contributed by atoms with Gasteiger partial charge in [-0.3, -0.25) is 9.71 Å². The lowest BCUT2D eigenvalue weighted by Crippen LogP contribution is -2.09. The van der Waals surface area contributed by atoms with E-state index in [2.05, 4.69) is 26.1 Å². The first kappa shape index (κ1) is 19.1. The third kappa shape index (κ3) is 4.08. The normalized spacial score (nSPS) is 11.8. The van der Waals surface area contributed by atoms with Crippen molar-refractivity contribution in [2.45, 2.75) is 6.54 Å². The molecule has 8 nitrogen and oxygen atoms in total. The van der Waals surface area contributed by atoms with Gasteiger partial charge in [-0.2, -0.15) is 0 Å². The Morgan fingerprint density at radius 2 is 1.77 bits per heavy atom. The van der Waals surface area contributed by atoms with Crippen LogP contribution in [0.2, 0.25) is 0 Å². The molecule has 5 rings (SSSR count). The Morgan fingerprint density at radius 3 is 2.58 bits per heavy atom. The Balaban J connectivity index is 1.46. The van der Waals surface area contributed by atoms with Crippen molar-refractivity contribution in [3.8, 4) is 11.3 Å². The summed E-state index contributed by atoms with van der Waals surface area (Å²) < 4.78 is 27.0. The smallest absolute Gasteiger partial charge is 0.229 e. The molecule has 0 spiro atoms. The van der Waals surface area contributed by atoms with Crippen molar-refractivity contribution in [2.75, 3.05) is 11.0 Å². The molecule has 0 radical (unpaired) electrons. The molecule has 0 fully saturated rings. The van der Waals surface area contributed by atoms with Crippen LogP contribution < -0.4 is 4.72 Å². The number of benzene rings is 2. The molecule has 0 aliphatic carbocycles. The summed E-state index contributed by atoms with van der Waals surface area (Å²) in [6.07, 6.45) is 2.90. The number of hydrogen-bond donors (Lipinski definition) is 1. The van der Waals surface area contributed by atoms with Gasteiger partial charge in [-0.1, -0.05) is 29.5 Å². The molecule has 0 saturated carbocycles. The van der Waals surface area contributed by atoms with E-state index in [1.807, 2.05) is 48.5 Å². The van der Waals surface area contributed by atoms with Crippen LogP contribution in [0.15, 0.2) is 72.9 Å². The molecule has 0 unspecified atom stereocenters. The Bertz CT molecular complexity index is 1510. The highest BCUT2D eigenvalue weighted by Crippen LogP contribution is 2.23. The van der Waals surface area contributed by atoms with Crippen LogP contribution in [0.1, 0.15) is 5.56 Å². The largest absolute Gasteiger partial charge is 0.284 e. The van der Waals surface area contributed by atoms with E-state index in [4.69, 9.17) is 4.98 Å². The maximum absolute atomic E-state index is 11.4. The van der Waals surface area contributed by atoms with E-state index < -0.39 is 10.0 Å². The molecular weight excluding hydrogens is 412 g/mol. The van der Waals surface area contributed by atoms with E-state index in [-0.39, 0.29) is 0 Å². The first-order chi connectivity index (χ1) is 14.9. The maximum Gasteiger partial charge on any atom is 0.229 e. The third-order valence-electron chi connectivity index (χ3n) is 4.84. The minimum Gasteiger partial charge on any atom is -0.284 e. The quantitative estimate of drug-likeness (QED) is 0.458. The number of nitrogens with one attached hydrogen (secondary N) is 1. The molecule has 0 aliphatic heterocycles. The Labute approximate surface area is 178 Å².